The van der Waals surface area contributed by atoms with E-state index in [1.54, 1.807) is 14.2 Å². The van der Waals surface area contributed by atoms with Crippen molar-refractivity contribution in [2.75, 3.05) is 27.3 Å². The molecule has 2 aromatic carbocycles. The number of methoxy groups -OCH3 is 1. The van der Waals surface area contributed by atoms with Crippen LogP contribution in [0.2, 0.25) is 0 Å². The monoisotopic (exact) mass is 407 g/mol. The minimum absolute atomic E-state index is 0.534. The number of imidazole rings is 1. The van der Waals surface area contributed by atoms with Crippen molar-refractivity contribution in [3.63, 3.8) is 0 Å². The Bertz CT molecular complexity index is 950. The van der Waals surface area contributed by atoms with E-state index in [0.717, 1.165) is 29.8 Å². The third-order valence-corrected chi connectivity index (χ3v) is 4.67. The van der Waals surface area contributed by atoms with Crippen molar-refractivity contribution in [2.24, 2.45) is 4.99 Å². The van der Waals surface area contributed by atoms with E-state index < -0.39 is 0 Å². The molecule has 0 unspecified atom stereocenters. The third-order valence-electron chi connectivity index (χ3n) is 4.67. The fraction of sp³-hybridized carbons (Fsp3) is 0.304. The van der Waals surface area contributed by atoms with Crippen molar-refractivity contribution in [1.29, 1.82) is 0 Å². The molecule has 0 atom stereocenters. The van der Waals surface area contributed by atoms with Crippen LogP contribution in [0.1, 0.15) is 17.0 Å². The molecule has 158 valence electrons. The van der Waals surface area contributed by atoms with Gasteiger partial charge in [0.25, 0.3) is 0 Å². The highest BCUT2D eigenvalue weighted by atomic mass is 16.5. The maximum absolute atomic E-state index is 5.73. The van der Waals surface area contributed by atoms with Gasteiger partial charge >= 0.3 is 0 Å². The van der Waals surface area contributed by atoms with Crippen molar-refractivity contribution in [3.05, 3.63) is 77.9 Å². The van der Waals surface area contributed by atoms with Gasteiger partial charge in [-0.3, -0.25) is 4.99 Å². The molecular weight excluding hydrogens is 378 g/mol. The van der Waals surface area contributed by atoms with E-state index in [4.69, 9.17) is 9.47 Å². The Kier molecular flexibility index (Phi) is 7.71. The molecule has 0 saturated carbocycles. The molecule has 0 aliphatic heterocycles. The molecule has 30 heavy (non-hydrogen) atoms. The molecule has 1 aromatic heterocycles. The lowest BCUT2D eigenvalue weighted by Crippen LogP contribution is -2.38. The van der Waals surface area contributed by atoms with Crippen LogP contribution in [0.15, 0.2) is 65.9 Å². The zero-order valence-electron chi connectivity index (χ0n) is 17.8. The maximum atomic E-state index is 5.73. The molecule has 0 spiro atoms. The Hall–Kier alpha value is -3.48. The second-order valence-corrected chi connectivity index (χ2v) is 6.80. The molecule has 0 fully saturated rings. The number of benzene rings is 2. The van der Waals surface area contributed by atoms with Crippen molar-refractivity contribution in [1.82, 2.24) is 20.2 Å². The first-order valence-corrected chi connectivity index (χ1v) is 9.95. The van der Waals surface area contributed by atoms with Gasteiger partial charge in [-0.25, -0.2) is 4.98 Å². The number of nitrogens with one attached hydrogen (secondary N) is 2. The van der Waals surface area contributed by atoms with Gasteiger partial charge in [0.15, 0.2) is 5.96 Å². The average Bonchev–Trinajstić information content (AvgIpc) is 3.18. The molecule has 0 radical (unpaired) electrons. The lowest BCUT2D eigenvalue weighted by molar-refractivity contribution is 0.321. The molecule has 2 N–H and O–H groups in total. The fourth-order valence-electron chi connectivity index (χ4n) is 3.02. The topological polar surface area (TPSA) is 72.7 Å². The number of aliphatic imine (C=N–C) groups is 1. The zero-order chi connectivity index (χ0) is 21.2. The van der Waals surface area contributed by atoms with E-state index in [1.807, 2.05) is 43.6 Å². The van der Waals surface area contributed by atoms with Crippen molar-refractivity contribution < 1.29 is 9.47 Å². The average molecular weight is 408 g/mol. The lowest BCUT2D eigenvalue weighted by atomic mass is 10.1. The SMILES string of the molecule is CN=C(NCCOc1ccc(OC)cc1)NCc1cccc(Cn2ccnc2C)c1. The van der Waals surface area contributed by atoms with Crippen LogP contribution in [-0.2, 0) is 13.1 Å². The van der Waals surface area contributed by atoms with Crippen LogP contribution < -0.4 is 20.1 Å². The van der Waals surface area contributed by atoms with Crippen LogP contribution in [0.3, 0.4) is 0 Å². The molecule has 0 aliphatic carbocycles. The standard InChI is InChI=1S/C23H29N5O2/c1-18-25-11-13-28(18)17-20-6-4-5-19(15-20)16-27-23(24-2)26-12-14-30-22-9-7-21(29-3)8-10-22/h4-11,13,15H,12,14,16-17H2,1-3H3,(H2,24,26,27). The quantitative estimate of drug-likeness (QED) is 0.324. The van der Waals surface area contributed by atoms with Crippen molar-refractivity contribution in [2.45, 2.75) is 20.0 Å². The van der Waals surface area contributed by atoms with Gasteiger partial charge in [0.1, 0.15) is 23.9 Å². The van der Waals surface area contributed by atoms with Crippen LogP contribution in [0.4, 0.5) is 0 Å². The Morgan fingerprint density at radius 2 is 1.83 bits per heavy atom. The van der Waals surface area contributed by atoms with Gasteiger partial charge in [0.05, 0.1) is 13.7 Å². The maximum Gasteiger partial charge on any atom is 0.191 e. The summed E-state index contributed by atoms with van der Waals surface area (Å²) in [4.78, 5) is 8.55. The number of hydrogen-bond donors (Lipinski definition) is 2. The Morgan fingerprint density at radius 1 is 1.07 bits per heavy atom. The number of guanidine groups is 1. The molecule has 3 rings (SSSR count). The van der Waals surface area contributed by atoms with Crippen LogP contribution >= 0.6 is 0 Å². The van der Waals surface area contributed by atoms with Crippen molar-refractivity contribution in [3.8, 4) is 11.5 Å². The number of nitrogens with zero attached hydrogens (tertiary/aromatic N) is 3. The van der Waals surface area contributed by atoms with Gasteiger partial charge in [-0.1, -0.05) is 24.3 Å². The summed E-state index contributed by atoms with van der Waals surface area (Å²) < 4.78 is 13.0. The molecule has 0 saturated heterocycles. The van der Waals surface area contributed by atoms with E-state index in [1.165, 1.54) is 11.1 Å². The van der Waals surface area contributed by atoms with E-state index in [9.17, 15) is 0 Å². The summed E-state index contributed by atoms with van der Waals surface area (Å²) >= 11 is 0. The molecule has 3 aromatic rings. The molecule has 0 amide bonds. The summed E-state index contributed by atoms with van der Waals surface area (Å²) in [5.41, 5.74) is 2.44. The summed E-state index contributed by atoms with van der Waals surface area (Å²) in [5.74, 6) is 3.38. The second-order valence-electron chi connectivity index (χ2n) is 6.80. The Labute approximate surface area is 177 Å². The molecule has 7 nitrogen and oxygen atoms in total. The minimum atomic E-state index is 0.534. The summed E-state index contributed by atoms with van der Waals surface area (Å²) in [6, 6.07) is 16.1. The zero-order valence-corrected chi connectivity index (χ0v) is 17.8. The molecule has 0 aliphatic rings. The molecule has 7 heteroatoms. The highest BCUT2D eigenvalue weighted by Gasteiger charge is 2.02. The normalized spacial score (nSPS) is 11.2. The van der Waals surface area contributed by atoms with E-state index >= 15 is 0 Å². The van der Waals surface area contributed by atoms with Gasteiger partial charge in [0, 0.05) is 32.5 Å². The number of aromatic nitrogens is 2. The first-order chi connectivity index (χ1) is 14.7. The highest BCUT2D eigenvalue weighted by Crippen LogP contribution is 2.16. The van der Waals surface area contributed by atoms with Crippen LogP contribution in [0.25, 0.3) is 0 Å². The summed E-state index contributed by atoms with van der Waals surface area (Å²) in [6.45, 7) is 4.70. The fourth-order valence-corrected chi connectivity index (χ4v) is 3.02. The second kappa shape index (κ2) is 10.9. The summed E-state index contributed by atoms with van der Waals surface area (Å²) in [5, 5.41) is 6.61. The molecule has 1 heterocycles. The largest absolute Gasteiger partial charge is 0.497 e. The minimum Gasteiger partial charge on any atom is -0.497 e. The number of ether oxygens (including phenoxy) is 2. The third kappa shape index (κ3) is 6.27. The van der Waals surface area contributed by atoms with Gasteiger partial charge in [-0.2, -0.15) is 0 Å². The number of aryl methyl sites for hydroxylation is 1. The van der Waals surface area contributed by atoms with Gasteiger partial charge in [-0.15, -0.1) is 0 Å². The van der Waals surface area contributed by atoms with E-state index in [2.05, 4.69) is 49.4 Å². The predicted octanol–water partition coefficient (Wildman–Crippen LogP) is 2.99. The highest BCUT2D eigenvalue weighted by molar-refractivity contribution is 5.79. The number of rotatable bonds is 9. The number of hydrogen-bond acceptors (Lipinski definition) is 4. The first kappa shape index (κ1) is 21.2. The van der Waals surface area contributed by atoms with Gasteiger partial charge < -0.3 is 24.7 Å². The Balaban J connectivity index is 1.42. The molecular formula is C23H29N5O2. The van der Waals surface area contributed by atoms with Gasteiger partial charge in [-0.05, 0) is 42.3 Å². The first-order valence-electron chi connectivity index (χ1n) is 9.95. The van der Waals surface area contributed by atoms with Crippen molar-refractivity contribution >= 4 is 5.96 Å². The van der Waals surface area contributed by atoms with E-state index in [0.29, 0.717) is 19.7 Å². The van der Waals surface area contributed by atoms with Crippen LogP contribution in [0.5, 0.6) is 11.5 Å². The lowest BCUT2D eigenvalue weighted by Gasteiger charge is -2.13. The van der Waals surface area contributed by atoms with Crippen LogP contribution in [-0.4, -0.2) is 42.8 Å². The predicted molar refractivity (Wildman–Crippen MR) is 119 cm³/mol. The summed E-state index contributed by atoms with van der Waals surface area (Å²) in [7, 11) is 3.41. The Morgan fingerprint density at radius 3 is 2.53 bits per heavy atom. The van der Waals surface area contributed by atoms with E-state index in [-0.39, 0.29) is 0 Å². The summed E-state index contributed by atoms with van der Waals surface area (Å²) in [6.07, 6.45) is 3.83. The molecule has 0 bridgehead atoms. The van der Waals surface area contributed by atoms with Crippen LogP contribution in [0, 0.1) is 6.92 Å². The van der Waals surface area contributed by atoms with Gasteiger partial charge in [0.2, 0.25) is 0 Å². The smallest absolute Gasteiger partial charge is 0.191 e.